The van der Waals surface area contributed by atoms with Gasteiger partial charge >= 0.3 is 0 Å². The minimum Gasteiger partial charge on any atom is -0.395 e. The van der Waals surface area contributed by atoms with Gasteiger partial charge in [-0.15, -0.1) is 0 Å². The molecule has 0 saturated carbocycles. The number of aliphatic hydroxyl groups is 1. The number of likely N-dealkylation sites (N-methyl/N-ethyl adjacent to an activating group) is 1. The third-order valence-electron chi connectivity index (χ3n) is 2.35. The summed E-state index contributed by atoms with van der Waals surface area (Å²) < 4.78 is 33.5. The molecule has 0 atom stereocenters. The van der Waals surface area contributed by atoms with Crippen molar-refractivity contribution < 1.29 is 13.5 Å². The molecule has 92 valence electrons. The fraction of sp³-hybridized carbons (Fsp3) is 0.333. The molecule has 0 aliphatic rings. The lowest BCUT2D eigenvalue weighted by atomic mass is 10.3. The summed E-state index contributed by atoms with van der Waals surface area (Å²) in [6.07, 6.45) is 0. The lowest BCUT2D eigenvalue weighted by molar-refractivity contribution is 0.266. The van der Waals surface area contributed by atoms with Crippen LogP contribution in [0, 0.1) is 0 Å². The van der Waals surface area contributed by atoms with Gasteiger partial charge in [0.25, 0.3) is 0 Å². The lowest BCUT2D eigenvalue weighted by Crippen LogP contribution is -2.29. The summed E-state index contributed by atoms with van der Waals surface area (Å²) in [7, 11) is -2.20. The van der Waals surface area contributed by atoms with Crippen molar-refractivity contribution in [3.05, 3.63) is 18.2 Å². The molecule has 0 radical (unpaired) electrons. The van der Waals surface area contributed by atoms with Gasteiger partial charge in [0.05, 0.1) is 18.3 Å². The highest BCUT2D eigenvalue weighted by Gasteiger charge is 2.23. The molecule has 17 heavy (non-hydrogen) atoms. The third-order valence-corrected chi connectivity index (χ3v) is 4.78. The highest BCUT2D eigenvalue weighted by atomic mass is 32.2. The van der Waals surface area contributed by atoms with E-state index in [2.05, 4.69) is 8.75 Å². The van der Waals surface area contributed by atoms with Crippen LogP contribution < -0.4 is 0 Å². The minimum absolute atomic E-state index is 0.0519. The van der Waals surface area contributed by atoms with E-state index in [1.54, 1.807) is 12.1 Å². The molecule has 0 unspecified atom stereocenters. The Morgan fingerprint density at radius 3 is 2.88 bits per heavy atom. The van der Waals surface area contributed by atoms with Crippen molar-refractivity contribution in [3.8, 4) is 0 Å². The SMILES string of the molecule is CN(CCO)S(=O)(=O)c1cccc2nsnc12. The standard InChI is InChI=1S/C9H11N3O3S2/c1-12(5-6-13)17(14,15)8-4-2-3-7-9(8)11-16-10-7/h2-4,13H,5-6H2,1H3. The maximum atomic E-state index is 12.2. The van der Waals surface area contributed by atoms with Crippen molar-refractivity contribution in [2.24, 2.45) is 0 Å². The van der Waals surface area contributed by atoms with Crippen LogP contribution in [0.2, 0.25) is 0 Å². The summed E-state index contributed by atoms with van der Waals surface area (Å²) in [6, 6.07) is 4.83. The normalized spacial score (nSPS) is 12.4. The Kier molecular flexibility index (Phi) is 3.38. The van der Waals surface area contributed by atoms with Crippen molar-refractivity contribution in [1.29, 1.82) is 0 Å². The van der Waals surface area contributed by atoms with Crippen molar-refractivity contribution in [2.75, 3.05) is 20.2 Å². The van der Waals surface area contributed by atoms with Crippen LogP contribution in [-0.4, -0.2) is 46.8 Å². The Bertz CT molecular complexity index is 623. The van der Waals surface area contributed by atoms with Crippen molar-refractivity contribution in [2.45, 2.75) is 4.90 Å². The van der Waals surface area contributed by atoms with Gasteiger partial charge in [0.15, 0.2) is 0 Å². The largest absolute Gasteiger partial charge is 0.395 e. The highest BCUT2D eigenvalue weighted by molar-refractivity contribution is 7.89. The Hall–Kier alpha value is -1.09. The van der Waals surface area contributed by atoms with E-state index < -0.39 is 10.0 Å². The summed E-state index contributed by atoms with van der Waals surface area (Å²) in [5, 5.41) is 8.79. The van der Waals surface area contributed by atoms with Crippen LogP contribution in [0.3, 0.4) is 0 Å². The van der Waals surface area contributed by atoms with E-state index in [1.807, 2.05) is 0 Å². The fourth-order valence-corrected chi connectivity index (χ4v) is 3.33. The molecular weight excluding hydrogens is 262 g/mol. The molecule has 1 heterocycles. The highest BCUT2D eigenvalue weighted by Crippen LogP contribution is 2.23. The number of aromatic nitrogens is 2. The first-order valence-electron chi connectivity index (χ1n) is 4.86. The molecule has 0 aliphatic heterocycles. The smallest absolute Gasteiger partial charge is 0.245 e. The van der Waals surface area contributed by atoms with Crippen molar-refractivity contribution in [1.82, 2.24) is 13.1 Å². The van der Waals surface area contributed by atoms with E-state index >= 15 is 0 Å². The minimum atomic E-state index is -3.62. The van der Waals surface area contributed by atoms with E-state index in [9.17, 15) is 8.42 Å². The monoisotopic (exact) mass is 273 g/mol. The van der Waals surface area contributed by atoms with Gasteiger partial charge in [-0.3, -0.25) is 0 Å². The molecule has 2 aromatic rings. The number of rotatable bonds is 4. The summed E-state index contributed by atoms with van der Waals surface area (Å²) in [4.78, 5) is 0.125. The number of aliphatic hydroxyl groups excluding tert-OH is 1. The number of fused-ring (bicyclic) bond motifs is 1. The second-order valence-corrected chi connectivity index (χ2v) is 5.98. The molecule has 1 aromatic heterocycles. The molecule has 1 aromatic carbocycles. The number of hydrogen-bond acceptors (Lipinski definition) is 6. The Labute approximate surface area is 103 Å². The van der Waals surface area contributed by atoms with Gasteiger partial charge in [0.1, 0.15) is 15.9 Å². The molecule has 0 aliphatic carbocycles. The van der Waals surface area contributed by atoms with Crippen LogP contribution >= 0.6 is 11.7 Å². The van der Waals surface area contributed by atoms with Crippen molar-refractivity contribution >= 4 is 32.8 Å². The lowest BCUT2D eigenvalue weighted by Gasteiger charge is -2.15. The molecule has 2 rings (SSSR count). The van der Waals surface area contributed by atoms with Gasteiger partial charge in [-0.05, 0) is 12.1 Å². The molecule has 1 N–H and O–H groups in total. The van der Waals surface area contributed by atoms with E-state index in [-0.39, 0.29) is 18.0 Å². The quantitative estimate of drug-likeness (QED) is 0.866. The van der Waals surface area contributed by atoms with Crippen LogP contribution in [0.4, 0.5) is 0 Å². The summed E-state index contributed by atoms with van der Waals surface area (Å²) in [6.45, 7) is -0.169. The van der Waals surface area contributed by atoms with Crippen LogP contribution in [0.1, 0.15) is 0 Å². The number of nitrogens with zero attached hydrogens (tertiary/aromatic N) is 3. The second-order valence-electron chi connectivity index (χ2n) is 3.44. The summed E-state index contributed by atoms with van der Waals surface area (Å²) in [5.74, 6) is 0. The Morgan fingerprint density at radius 1 is 1.41 bits per heavy atom. The maximum absolute atomic E-state index is 12.2. The van der Waals surface area contributed by atoms with E-state index in [0.717, 1.165) is 16.0 Å². The van der Waals surface area contributed by atoms with Crippen LogP contribution in [0.15, 0.2) is 23.1 Å². The molecule has 8 heteroatoms. The second kappa shape index (κ2) is 4.65. The van der Waals surface area contributed by atoms with Crippen molar-refractivity contribution in [3.63, 3.8) is 0 Å². The zero-order valence-corrected chi connectivity index (χ0v) is 10.7. The summed E-state index contributed by atoms with van der Waals surface area (Å²) in [5.41, 5.74) is 0.941. The predicted octanol–water partition coefficient (Wildman–Crippen LogP) is 0.304. The first-order chi connectivity index (χ1) is 8.07. The zero-order chi connectivity index (χ0) is 12.5. The molecule has 0 fully saturated rings. The van der Waals surface area contributed by atoms with Crippen LogP contribution in [-0.2, 0) is 10.0 Å². The molecule has 6 nitrogen and oxygen atoms in total. The predicted molar refractivity (Wildman–Crippen MR) is 64.3 cm³/mol. The van der Waals surface area contributed by atoms with E-state index in [1.165, 1.54) is 13.1 Å². The Morgan fingerprint density at radius 2 is 2.18 bits per heavy atom. The number of sulfonamides is 1. The molecule has 0 bridgehead atoms. The molecule has 0 saturated heterocycles. The average molecular weight is 273 g/mol. The zero-order valence-electron chi connectivity index (χ0n) is 9.07. The van der Waals surface area contributed by atoms with E-state index in [0.29, 0.717) is 11.0 Å². The van der Waals surface area contributed by atoms with E-state index in [4.69, 9.17) is 5.11 Å². The Balaban J connectivity index is 2.56. The number of hydrogen-bond donors (Lipinski definition) is 1. The first-order valence-corrected chi connectivity index (χ1v) is 7.03. The van der Waals surface area contributed by atoms with Gasteiger partial charge in [0, 0.05) is 13.6 Å². The van der Waals surface area contributed by atoms with Crippen LogP contribution in [0.25, 0.3) is 11.0 Å². The van der Waals surface area contributed by atoms with Gasteiger partial charge in [0.2, 0.25) is 10.0 Å². The topological polar surface area (TPSA) is 83.4 Å². The summed E-state index contributed by atoms with van der Waals surface area (Å²) >= 11 is 0.976. The van der Waals surface area contributed by atoms with Gasteiger partial charge in [-0.2, -0.15) is 13.1 Å². The average Bonchev–Trinajstić information content (AvgIpc) is 2.76. The van der Waals surface area contributed by atoms with Gasteiger partial charge in [-0.1, -0.05) is 6.07 Å². The van der Waals surface area contributed by atoms with Gasteiger partial charge in [-0.25, -0.2) is 8.42 Å². The first kappa shape index (κ1) is 12.4. The molecule has 0 amide bonds. The van der Waals surface area contributed by atoms with Gasteiger partial charge < -0.3 is 5.11 Å². The molecular formula is C9H11N3O3S2. The third kappa shape index (κ3) is 2.16. The van der Waals surface area contributed by atoms with Crippen LogP contribution in [0.5, 0.6) is 0 Å². The maximum Gasteiger partial charge on any atom is 0.245 e. The fourth-order valence-electron chi connectivity index (χ4n) is 1.42. The number of benzene rings is 1. The molecule has 0 spiro atoms.